The molecule has 0 bridgehead atoms. The Morgan fingerprint density at radius 2 is 1.83 bits per heavy atom. The Bertz CT molecular complexity index is 1580. The van der Waals surface area contributed by atoms with Gasteiger partial charge in [0.25, 0.3) is 0 Å². The summed E-state index contributed by atoms with van der Waals surface area (Å²) in [7, 11) is -1.22. The number of hydrogen-bond acceptors (Lipinski definition) is 6. The van der Waals surface area contributed by atoms with E-state index in [-0.39, 0.29) is 0 Å². The van der Waals surface area contributed by atoms with Crippen LogP contribution in [-0.4, -0.2) is 48.7 Å². The first-order valence-electron chi connectivity index (χ1n) is 11.4. The van der Waals surface area contributed by atoms with Crippen molar-refractivity contribution in [2.75, 3.05) is 19.8 Å². The third-order valence-electron chi connectivity index (χ3n) is 5.85. The number of hydrogen-bond donors (Lipinski definition) is 0. The SMILES string of the molecule is CN(CC1=NC=CC1)Cc1cc(-c2ccc(-c3cccc(S(C)(=O)=O)c3)s2)n(-c2ccccc2Cl)n1. The van der Waals surface area contributed by atoms with Gasteiger partial charge in [0.2, 0.25) is 0 Å². The highest BCUT2D eigenvalue weighted by molar-refractivity contribution is 7.90. The lowest BCUT2D eigenvalue weighted by Crippen LogP contribution is -2.25. The van der Waals surface area contributed by atoms with Gasteiger partial charge >= 0.3 is 0 Å². The number of sulfone groups is 1. The number of nitrogens with zero attached hydrogens (tertiary/aromatic N) is 4. The van der Waals surface area contributed by atoms with Gasteiger partial charge in [-0.05, 0) is 55.1 Å². The molecule has 9 heteroatoms. The molecule has 2 aromatic heterocycles. The van der Waals surface area contributed by atoms with E-state index in [1.54, 1.807) is 29.5 Å². The summed E-state index contributed by atoms with van der Waals surface area (Å²) in [5, 5.41) is 5.54. The first-order valence-corrected chi connectivity index (χ1v) is 14.5. The monoisotopic (exact) mass is 536 g/mol. The molecule has 0 spiro atoms. The van der Waals surface area contributed by atoms with Crippen LogP contribution in [0.4, 0.5) is 0 Å². The van der Waals surface area contributed by atoms with E-state index in [1.807, 2.05) is 53.3 Å². The van der Waals surface area contributed by atoms with Gasteiger partial charge in [0.1, 0.15) is 0 Å². The minimum absolute atomic E-state index is 0.309. The first-order chi connectivity index (χ1) is 17.3. The fourth-order valence-electron chi connectivity index (χ4n) is 4.15. The highest BCUT2D eigenvalue weighted by Gasteiger charge is 2.18. The van der Waals surface area contributed by atoms with Crippen molar-refractivity contribution in [3.8, 4) is 26.7 Å². The lowest BCUT2D eigenvalue weighted by Gasteiger charge is -2.14. The molecule has 0 aliphatic carbocycles. The van der Waals surface area contributed by atoms with Crippen molar-refractivity contribution in [2.24, 2.45) is 4.99 Å². The zero-order chi connectivity index (χ0) is 25.3. The third-order valence-corrected chi connectivity index (χ3v) is 8.43. The molecule has 0 fully saturated rings. The van der Waals surface area contributed by atoms with Crippen LogP contribution in [0.2, 0.25) is 5.02 Å². The Morgan fingerprint density at radius 3 is 2.58 bits per heavy atom. The van der Waals surface area contributed by atoms with E-state index in [0.29, 0.717) is 16.5 Å². The van der Waals surface area contributed by atoms with E-state index in [9.17, 15) is 8.42 Å². The fraction of sp³-hybridized carbons (Fsp3) is 0.185. The Labute approximate surface area is 220 Å². The van der Waals surface area contributed by atoms with Gasteiger partial charge in [-0.2, -0.15) is 5.10 Å². The Kier molecular flexibility index (Phi) is 6.94. The second-order valence-corrected chi connectivity index (χ2v) is 12.3. The average molecular weight is 537 g/mol. The Hall–Kier alpha value is -3.04. The fourth-order valence-corrected chi connectivity index (χ4v) is 6.04. The summed E-state index contributed by atoms with van der Waals surface area (Å²) < 4.78 is 26.0. The van der Waals surface area contributed by atoms with Crippen LogP contribution in [0, 0.1) is 0 Å². The largest absolute Gasteiger partial charge is 0.295 e. The van der Waals surface area contributed by atoms with Crippen molar-refractivity contribution >= 4 is 38.5 Å². The second-order valence-electron chi connectivity index (χ2n) is 8.80. The van der Waals surface area contributed by atoms with Crippen molar-refractivity contribution in [3.05, 3.63) is 89.7 Å². The topological polar surface area (TPSA) is 67.6 Å². The van der Waals surface area contributed by atoms with Crippen molar-refractivity contribution in [1.82, 2.24) is 14.7 Å². The summed E-state index contributed by atoms with van der Waals surface area (Å²) in [4.78, 5) is 8.92. The summed E-state index contributed by atoms with van der Waals surface area (Å²) in [6.45, 7) is 1.44. The van der Waals surface area contributed by atoms with E-state index in [4.69, 9.17) is 16.7 Å². The van der Waals surface area contributed by atoms with E-state index < -0.39 is 9.84 Å². The van der Waals surface area contributed by atoms with E-state index in [0.717, 1.165) is 51.1 Å². The number of thiophene rings is 1. The molecule has 0 saturated carbocycles. The molecular formula is C27H25ClN4O2S2. The predicted molar refractivity (Wildman–Crippen MR) is 148 cm³/mol. The maximum atomic E-state index is 12.0. The number of para-hydroxylation sites is 1. The molecule has 3 heterocycles. The molecule has 0 N–H and O–H groups in total. The molecule has 36 heavy (non-hydrogen) atoms. The molecule has 0 saturated heterocycles. The van der Waals surface area contributed by atoms with Gasteiger partial charge in [-0.1, -0.05) is 41.9 Å². The molecule has 184 valence electrons. The van der Waals surface area contributed by atoms with Gasteiger partial charge in [-0.3, -0.25) is 9.89 Å². The van der Waals surface area contributed by atoms with Crippen LogP contribution < -0.4 is 0 Å². The number of aliphatic imine (C=N–C) groups is 1. The van der Waals surface area contributed by atoms with E-state index in [2.05, 4.69) is 29.1 Å². The standard InChI is InChI=1S/C27H25ClN4O2S2/c1-31(17-20-8-6-14-29-20)18-21-16-25(32(30-21)24-11-4-3-10-23(24)28)27-13-12-26(35-27)19-7-5-9-22(15-19)36(2,33)34/h3-7,9-16H,8,17-18H2,1-2H3. The lowest BCUT2D eigenvalue weighted by molar-refractivity contribution is 0.367. The summed E-state index contributed by atoms with van der Waals surface area (Å²) in [6.07, 6.45) is 6.03. The Morgan fingerprint density at radius 1 is 1.03 bits per heavy atom. The molecule has 0 amide bonds. The van der Waals surface area contributed by atoms with Crippen LogP contribution in [0.1, 0.15) is 12.1 Å². The summed E-state index contributed by atoms with van der Waals surface area (Å²) in [5.41, 5.74) is 4.67. The molecule has 5 rings (SSSR count). The molecular weight excluding hydrogens is 512 g/mol. The van der Waals surface area contributed by atoms with Crippen molar-refractivity contribution < 1.29 is 8.42 Å². The smallest absolute Gasteiger partial charge is 0.175 e. The molecule has 2 aromatic carbocycles. The number of halogens is 1. The summed E-state index contributed by atoms with van der Waals surface area (Å²) in [6, 6.07) is 20.9. The van der Waals surface area contributed by atoms with Gasteiger partial charge in [0.15, 0.2) is 9.84 Å². The van der Waals surface area contributed by atoms with Gasteiger partial charge in [0, 0.05) is 42.6 Å². The average Bonchev–Trinajstić information content (AvgIpc) is 3.60. The quantitative estimate of drug-likeness (QED) is 0.272. The molecule has 6 nitrogen and oxygen atoms in total. The zero-order valence-electron chi connectivity index (χ0n) is 19.9. The molecule has 0 radical (unpaired) electrons. The van der Waals surface area contributed by atoms with E-state index >= 15 is 0 Å². The number of benzene rings is 2. The predicted octanol–water partition coefficient (Wildman–Crippen LogP) is 6.11. The maximum Gasteiger partial charge on any atom is 0.175 e. The zero-order valence-corrected chi connectivity index (χ0v) is 22.3. The molecule has 0 atom stereocenters. The van der Waals surface area contributed by atoms with Gasteiger partial charge in [-0.25, -0.2) is 13.1 Å². The molecule has 1 aliphatic rings. The van der Waals surface area contributed by atoms with Crippen molar-refractivity contribution in [2.45, 2.75) is 17.9 Å². The van der Waals surface area contributed by atoms with Crippen molar-refractivity contribution in [3.63, 3.8) is 0 Å². The van der Waals surface area contributed by atoms with Crippen LogP contribution in [0.3, 0.4) is 0 Å². The van der Waals surface area contributed by atoms with Crippen LogP contribution >= 0.6 is 22.9 Å². The van der Waals surface area contributed by atoms with E-state index in [1.165, 1.54) is 6.26 Å². The molecule has 0 unspecified atom stereocenters. The van der Waals surface area contributed by atoms with Gasteiger partial charge < -0.3 is 0 Å². The molecule has 1 aliphatic heterocycles. The lowest BCUT2D eigenvalue weighted by atomic mass is 10.2. The number of aromatic nitrogens is 2. The maximum absolute atomic E-state index is 12.0. The highest BCUT2D eigenvalue weighted by atomic mass is 35.5. The minimum atomic E-state index is -3.28. The number of allylic oxidation sites excluding steroid dienone is 1. The normalized spacial score (nSPS) is 13.5. The van der Waals surface area contributed by atoms with Crippen LogP contribution in [-0.2, 0) is 16.4 Å². The summed E-state index contributed by atoms with van der Waals surface area (Å²) in [5.74, 6) is 0. The van der Waals surface area contributed by atoms with Crippen molar-refractivity contribution in [1.29, 1.82) is 0 Å². The van der Waals surface area contributed by atoms with Gasteiger partial charge in [-0.15, -0.1) is 11.3 Å². The summed E-state index contributed by atoms with van der Waals surface area (Å²) >= 11 is 8.15. The highest BCUT2D eigenvalue weighted by Crippen LogP contribution is 2.37. The number of rotatable bonds is 8. The second kappa shape index (κ2) is 10.1. The van der Waals surface area contributed by atoms with Crippen LogP contribution in [0.5, 0.6) is 0 Å². The van der Waals surface area contributed by atoms with Crippen LogP contribution in [0.15, 0.2) is 88.9 Å². The first kappa shape index (κ1) is 24.6. The third kappa shape index (κ3) is 5.37. The Balaban J connectivity index is 1.50. The van der Waals surface area contributed by atoms with Crippen LogP contribution in [0.25, 0.3) is 26.7 Å². The minimum Gasteiger partial charge on any atom is -0.295 e. The van der Waals surface area contributed by atoms with Gasteiger partial charge in [0.05, 0.1) is 31.9 Å². The molecule has 4 aromatic rings.